The molecule has 3 N–H and O–H groups in total. The average molecular weight is 459 g/mol. The number of ether oxygens (including phenoxy) is 2. The molecule has 3 aromatic rings. The summed E-state index contributed by atoms with van der Waals surface area (Å²) in [7, 11) is 3.04. The number of nitrogens with one attached hydrogen (secondary N) is 3. The number of hydrogen-bond acceptors (Lipinski definition) is 5. The van der Waals surface area contributed by atoms with Gasteiger partial charge in [0.15, 0.2) is 0 Å². The highest BCUT2D eigenvalue weighted by molar-refractivity contribution is 6.37. The van der Waals surface area contributed by atoms with E-state index in [1.54, 1.807) is 19.1 Å². The van der Waals surface area contributed by atoms with Gasteiger partial charge < -0.3 is 20.1 Å². The Kier molecular flexibility index (Phi) is 7.29. The molecule has 0 aliphatic rings. The molecule has 0 fully saturated rings. The number of aromatic amines is 1. The zero-order valence-electron chi connectivity index (χ0n) is 17.1. The number of carbonyl (C=O) groups excluding carboxylic acids is 1. The van der Waals surface area contributed by atoms with E-state index in [1.165, 1.54) is 14.2 Å². The summed E-state index contributed by atoms with van der Waals surface area (Å²) in [6, 6.07) is 10.8. The third kappa shape index (κ3) is 5.05. The first-order valence-electron chi connectivity index (χ1n) is 9.19. The molecule has 1 aromatic heterocycles. The molecule has 0 saturated heterocycles. The van der Waals surface area contributed by atoms with E-state index in [-0.39, 0.29) is 5.91 Å². The summed E-state index contributed by atoms with van der Waals surface area (Å²) in [5.41, 5.74) is 2.72. The lowest BCUT2D eigenvalue weighted by Crippen LogP contribution is -2.09. The van der Waals surface area contributed by atoms with Gasteiger partial charge in [0.2, 0.25) is 0 Å². The van der Waals surface area contributed by atoms with Crippen LogP contribution in [0.15, 0.2) is 36.4 Å². The van der Waals surface area contributed by atoms with Gasteiger partial charge in [-0.3, -0.25) is 9.89 Å². The lowest BCUT2D eigenvalue weighted by molar-refractivity contribution is -0.111. The summed E-state index contributed by atoms with van der Waals surface area (Å²) in [5, 5.41) is 14.0. The summed E-state index contributed by atoms with van der Waals surface area (Å²) >= 11 is 12.8. The smallest absolute Gasteiger partial charge is 0.300 e. The SMILES string of the molecule is CC#CC(=O)Nc1ccccc1-c1cc(NCc2c(Cl)c(OC)cc(OC)c2Cl)n[nH]1. The van der Waals surface area contributed by atoms with Gasteiger partial charge in [-0.1, -0.05) is 47.3 Å². The number of methoxy groups -OCH3 is 2. The van der Waals surface area contributed by atoms with Crippen LogP contribution in [-0.2, 0) is 11.3 Å². The molecule has 7 nitrogen and oxygen atoms in total. The second-order valence-electron chi connectivity index (χ2n) is 6.28. The predicted molar refractivity (Wildman–Crippen MR) is 123 cm³/mol. The van der Waals surface area contributed by atoms with Crippen molar-refractivity contribution in [3.8, 4) is 34.6 Å². The highest BCUT2D eigenvalue weighted by Gasteiger charge is 2.17. The van der Waals surface area contributed by atoms with Crippen LogP contribution in [0.25, 0.3) is 11.3 Å². The number of amides is 1. The van der Waals surface area contributed by atoms with E-state index in [1.807, 2.05) is 24.3 Å². The molecule has 0 atom stereocenters. The number of anilines is 2. The van der Waals surface area contributed by atoms with Gasteiger partial charge in [0.25, 0.3) is 5.91 Å². The van der Waals surface area contributed by atoms with E-state index >= 15 is 0 Å². The van der Waals surface area contributed by atoms with Crippen molar-refractivity contribution in [2.24, 2.45) is 0 Å². The van der Waals surface area contributed by atoms with Gasteiger partial charge >= 0.3 is 0 Å². The Bertz CT molecular complexity index is 1140. The van der Waals surface area contributed by atoms with E-state index in [2.05, 4.69) is 32.7 Å². The molecule has 3 rings (SSSR count). The maximum absolute atomic E-state index is 11.9. The quantitative estimate of drug-likeness (QED) is 0.434. The molecule has 0 saturated carbocycles. The summed E-state index contributed by atoms with van der Waals surface area (Å²) < 4.78 is 10.6. The summed E-state index contributed by atoms with van der Waals surface area (Å²) in [5.74, 6) is 6.14. The minimum absolute atomic E-state index is 0.292. The first kappa shape index (κ1) is 22.3. The Balaban J connectivity index is 1.82. The lowest BCUT2D eigenvalue weighted by Gasteiger charge is -2.14. The third-order valence-corrected chi connectivity index (χ3v) is 5.22. The minimum Gasteiger partial charge on any atom is -0.495 e. The monoisotopic (exact) mass is 458 g/mol. The highest BCUT2D eigenvalue weighted by atomic mass is 35.5. The van der Waals surface area contributed by atoms with Crippen LogP contribution in [0.5, 0.6) is 11.5 Å². The number of H-pyrrole nitrogens is 1. The van der Waals surface area contributed by atoms with Crippen molar-refractivity contribution >= 4 is 40.6 Å². The Morgan fingerprint density at radius 3 is 2.45 bits per heavy atom. The molecular formula is C22H20Cl2N4O3. The summed E-state index contributed by atoms with van der Waals surface area (Å²) in [6.07, 6.45) is 0. The van der Waals surface area contributed by atoms with Crippen LogP contribution >= 0.6 is 23.2 Å². The van der Waals surface area contributed by atoms with Crippen molar-refractivity contribution in [2.75, 3.05) is 24.9 Å². The van der Waals surface area contributed by atoms with Gasteiger partial charge in [-0.2, -0.15) is 5.10 Å². The second-order valence-corrected chi connectivity index (χ2v) is 7.04. The van der Waals surface area contributed by atoms with Gasteiger partial charge in [0.05, 0.1) is 35.6 Å². The van der Waals surface area contributed by atoms with Gasteiger partial charge in [0, 0.05) is 29.8 Å². The van der Waals surface area contributed by atoms with Crippen LogP contribution in [-0.4, -0.2) is 30.3 Å². The Labute approximate surface area is 190 Å². The topological polar surface area (TPSA) is 88.3 Å². The normalized spacial score (nSPS) is 10.1. The average Bonchev–Trinajstić information content (AvgIpc) is 3.23. The molecule has 2 aromatic carbocycles. The number of rotatable bonds is 7. The molecule has 1 heterocycles. The van der Waals surface area contributed by atoms with Crippen LogP contribution in [0.3, 0.4) is 0 Å². The Hall–Kier alpha value is -3.34. The van der Waals surface area contributed by atoms with Crippen LogP contribution in [0.2, 0.25) is 10.0 Å². The van der Waals surface area contributed by atoms with Crippen molar-refractivity contribution in [3.63, 3.8) is 0 Å². The standard InChI is InChI=1S/C22H20Cl2N4O3/c1-4-7-20(29)26-15-9-6-5-8-13(15)16-10-19(28-27-16)25-12-14-21(23)17(30-2)11-18(31-3)22(14)24/h5-6,8-11H,12H2,1-3H3,(H,26,29)(H2,25,27,28). The number of para-hydroxylation sites is 1. The highest BCUT2D eigenvalue weighted by Crippen LogP contribution is 2.40. The fraction of sp³-hybridized carbons (Fsp3) is 0.182. The Morgan fingerprint density at radius 1 is 1.13 bits per heavy atom. The molecule has 0 spiro atoms. The van der Waals surface area contributed by atoms with E-state index in [4.69, 9.17) is 32.7 Å². The lowest BCUT2D eigenvalue weighted by atomic mass is 10.1. The molecule has 31 heavy (non-hydrogen) atoms. The molecule has 160 valence electrons. The van der Waals surface area contributed by atoms with Crippen LogP contribution in [0, 0.1) is 11.8 Å². The van der Waals surface area contributed by atoms with E-state index in [0.717, 1.165) is 5.56 Å². The number of nitrogens with zero attached hydrogens (tertiary/aromatic N) is 1. The summed E-state index contributed by atoms with van der Waals surface area (Å²) in [4.78, 5) is 11.9. The van der Waals surface area contributed by atoms with Crippen molar-refractivity contribution in [1.29, 1.82) is 0 Å². The second kappa shape index (κ2) is 10.1. The molecule has 1 amide bonds. The summed E-state index contributed by atoms with van der Waals surface area (Å²) in [6.45, 7) is 1.90. The molecule has 0 radical (unpaired) electrons. The molecule has 0 aliphatic carbocycles. The number of benzene rings is 2. The van der Waals surface area contributed by atoms with Gasteiger partial charge in [-0.15, -0.1) is 0 Å². The van der Waals surface area contributed by atoms with E-state index in [0.29, 0.717) is 50.9 Å². The van der Waals surface area contributed by atoms with E-state index in [9.17, 15) is 4.79 Å². The maximum atomic E-state index is 11.9. The minimum atomic E-state index is -0.385. The van der Waals surface area contributed by atoms with Crippen LogP contribution in [0.4, 0.5) is 11.5 Å². The number of aromatic nitrogens is 2. The first-order chi connectivity index (χ1) is 15.0. The number of halogens is 2. The van der Waals surface area contributed by atoms with Crippen LogP contribution in [0.1, 0.15) is 12.5 Å². The van der Waals surface area contributed by atoms with Crippen LogP contribution < -0.4 is 20.1 Å². The molecule has 0 bridgehead atoms. The fourth-order valence-corrected chi connectivity index (χ4v) is 3.55. The largest absolute Gasteiger partial charge is 0.495 e. The van der Waals surface area contributed by atoms with Gasteiger partial charge in [-0.05, 0) is 18.9 Å². The number of hydrogen-bond donors (Lipinski definition) is 3. The Morgan fingerprint density at radius 2 is 1.81 bits per heavy atom. The molecule has 0 aliphatic heterocycles. The zero-order valence-corrected chi connectivity index (χ0v) is 18.6. The zero-order chi connectivity index (χ0) is 22.4. The fourth-order valence-electron chi connectivity index (χ4n) is 2.92. The van der Waals surface area contributed by atoms with E-state index < -0.39 is 0 Å². The van der Waals surface area contributed by atoms with Gasteiger partial charge in [0.1, 0.15) is 17.3 Å². The van der Waals surface area contributed by atoms with Crippen molar-refractivity contribution < 1.29 is 14.3 Å². The first-order valence-corrected chi connectivity index (χ1v) is 9.95. The molecule has 0 unspecified atom stereocenters. The molecular weight excluding hydrogens is 439 g/mol. The predicted octanol–water partition coefficient (Wildman–Crippen LogP) is 4.97. The maximum Gasteiger partial charge on any atom is 0.300 e. The van der Waals surface area contributed by atoms with Crippen molar-refractivity contribution in [1.82, 2.24) is 10.2 Å². The van der Waals surface area contributed by atoms with Crippen molar-refractivity contribution in [3.05, 3.63) is 52.0 Å². The molecule has 9 heteroatoms. The van der Waals surface area contributed by atoms with Crippen molar-refractivity contribution in [2.45, 2.75) is 13.5 Å². The van der Waals surface area contributed by atoms with Gasteiger partial charge in [-0.25, -0.2) is 0 Å². The number of carbonyl (C=O) groups is 1. The third-order valence-electron chi connectivity index (χ3n) is 4.39.